The zero-order chi connectivity index (χ0) is 18.0. The van der Waals surface area contributed by atoms with Crippen molar-refractivity contribution in [2.45, 2.75) is 110 Å². The molecule has 1 aromatic carbocycles. The fourth-order valence-corrected chi connectivity index (χ4v) is 3.30. The van der Waals surface area contributed by atoms with Gasteiger partial charge in [-0.3, -0.25) is 0 Å². The van der Waals surface area contributed by atoms with Gasteiger partial charge in [0.15, 0.2) is 0 Å². The van der Waals surface area contributed by atoms with Gasteiger partial charge in [-0.1, -0.05) is 115 Å². The lowest BCUT2D eigenvalue weighted by Crippen LogP contribution is -1.97. The Morgan fingerprint density at radius 1 is 0.560 bits per heavy atom. The molecular formula is C24H42O. The zero-order valence-corrected chi connectivity index (χ0v) is 17.0. The van der Waals surface area contributed by atoms with Crippen LogP contribution in [0, 0.1) is 6.92 Å². The highest BCUT2D eigenvalue weighted by atomic mass is 16.5. The van der Waals surface area contributed by atoms with E-state index in [-0.39, 0.29) is 0 Å². The third-order valence-electron chi connectivity index (χ3n) is 5.04. The van der Waals surface area contributed by atoms with Gasteiger partial charge in [0.2, 0.25) is 0 Å². The monoisotopic (exact) mass is 346 g/mol. The molecule has 0 aliphatic heterocycles. The van der Waals surface area contributed by atoms with Crippen molar-refractivity contribution in [2.75, 3.05) is 6.61 Å². The number of aryl methyl sites for hydroxylation is 1. The molecule has 0 bridgehead atoms. The smallest absolute Gasteiger partial charge is 0.119 e. The fraction of sp³-hybridized carbons (Fsp3) is 0.750. The van der Waals surface area contributed by atoms with Crippen molar-refractivity contribution < 1.29 is 4.74 Å². The first-order valence-corrected chi connectivity index (χ1v) is 11.0. The van der Waals surface area contributed by atoms with E-state index < -0.39 is 0 Å². The van der Waals surface area contributed by atoms with E-state index in [1.807, 2.05) is 0 Å². The Morgan fingerprint density at radius 3 is 1.40 bits per heavy atom. The summed E-state index contributed by atoms with van der Waals surface area (Å²) in [6.45, 7) is 5.26. The van der Waals surface area contributed by atoms with Gasteiger partial charge >= 0.3 is 0 Å². The van der Waals surface area contributed by atoms with Crippen molar-refractivity contribution in [3.63, 3.8) is 0 Å². The summed E-state index contributed by atoms with van der Waals surface area (Å²) in [5.74, 6) is 1.01. The molecule has 0 unspecified atom stereocenters. The minimum absolute atomic E-state index is 0.862. The third-order valence-corrected chi connectivity index (χ3v) is 5.04. The number of ether oxygens (including phenoxy) is 1. The van der Waals surface area contributed by atoms with Gasteiger partial charge in [-0.05, 0) is 25.5 Å². The van der Waals surface area contributed by atoms with Crippen LogP contribution in [0.1, 0.15) is 109 Å². The molecule has 144 valence electrons. The predicted molar refractivity (Wildman–Crippen MR) is 112 cm³/mol. The van der Waals surface area contributed by atoms with Crippen LogP contribution in [0.3, 0.4) is 0 Å². The maximum Gasteiger partial charge on any atom is 0.119 e. The third kappa shape index (κ3) is 13.9. The molecule has 0 amide bonds. The van der Waals surface area contributed by atoms with Crippen LogP contribution in [0.25, 0.3) is 0 Å². The fourth-order valence-electron chi connectivity index (χ4n) is 3.30. The van der Waals surface area contributed by atoms with Crippen molar-refractivity contribution >= 4 is 0 Å². The summed E-state index contributed by atoms with van der Waals surface area (Å²) >= 11 is 0. The van der Waals surface area contributed by atoms with E-state index >= 15 is 0 Å². The maximum absolute atomic E-state index is 5.77. The van der Waals surface area contributed by atoms with Gasteiger partial charge in [0.05, 0.1) is 6.61 Å². The van der Waals surface area contributed by atoms with Crippen LogP contribution in [0.15, 0.2) is 24.3 Å². The molecule has 1 heteroatoms. The first-order valence-electron chi connectivity index (χ1n) is 11.0. The zero-order valence-electron chi connectivity index (χ0n) is 17.0. The number of benzene rings is 1. The van der Waals surface area contributed by atoms with Crippen LogP contribution in [0.2, 0.25) is 0 Å². The highest BCUT2D eigenvalue weighted by molar-refractivity contribution is 5.26. The molecule has 0 aliphatic carbocycles. The van der Waals surface area contributed by atoms with Gasteiger partial charge in [0.1, 0.15) is 5.75 Å². The van der Waals surface area contributed by atoms with E-state index in [1.54, 1.807) is 0 Å². The normalized spacial score (nSPS) is 11.0. The van der Waals surface area contributed by atoms with Crippen LogP contribution in [0.4, 0.5) is 0 Å². The lowest BCUT2D eigenvalue weighted by molar-refractivity contribution is 0.304. The Hall–Kier alpha value is -0.980. The number of hydrogen-bond donors (Lipinski definition) is 0. The van der Waals surface area contributed by atoms with E-state index in [2.05, 4.69) is 38.1 Å². The van der Waals surface area contributed by atoms with Crippen LogP contribution in [-0.2, 0) is 0 Å². The number of unbranched alkanes of at least 4 members (excludes halogenated alkanes) is 14. The molecule has 0 spiro atoms. The number of hydrogen-bond acceptors (Lipinski definition) is 1. The highest BCUT2D eigenvalue weighted by Crippen LogP contribution is 2.14. The molecule has 0 saturated carbocycles. The maximum atomic E-state index is 5.77. The van der Waals surface area contributed by atoms with E-state index in [0.29, 0.717) is 0 Å². The van der Waals surface area contributed by atoms with Crippen molar-refractivity contribution in [1.82, 2.24) is 0 Å². The van der Waals surface area contributed by atoms with Crippen molar-refractivity contribution in [1.29, 1.82) is 0 Å². The molecule has 0 N–H and O–H groups in total. The summed E-state index contributed by atoms with van der Waals surface area (Å²) in [4.78, 5) is 0. The molecular weight excluding hydrogens is 304 g/mol. The topological polar surface area (TPSA) is 9.23 Å². The minimum Gasteiger partial charge on any atom is -0.494 e. The van der Waals surface area contributed by atoms with E-state index in [9.17, 15) is 0 Å². The first kappa shape index (κ1) is 22.1. The molecule has 1 nitrogen and oxygen atoms in total. The predicted octanol–water partition coefficient (Wildman–Crippen LogP) is 8.25. The van der Waals surface area contributed by atoms with Gasteiger partial charge < -0.3 is 4.74 Å². The Kier molecular flexibility index (Phi) is 14.5. The molecule has 0 aliphatic rings. The summed E-state index contributed by atoms with van der Waals surface area (Å²) < 4.78 is 5.77. The Bertz CT molecular complexity index is 382. The molecule has 1 aromatic rings. The summed E-state index contributed by atoms with van der Waals surface area (Å²) in [5.41, 5.74) is 1.29. The van der Waals surface area contributed by atoms with Crippen molar-refractivity contribution in [2.24, 2.45) is 0 Å². The molecule has 0 heterocycles. The highest BCUT2D eigenvalue weighted by Gasteiger charge is 1.96. The second kappa shape index (κ2) is 16.5. The molecule has 0 saturated heterocycles. The van der Waals surface area contributed by atoms with Crippen LogP contribution in [0.5, 0.6) is 5.75 Å². The second-order valence-electron chi connectivity index (χ2n) is 7.61. The summed E-state index contributed by atoms with van der Waals surface area (Å²) in [5, 5.41) is 0. The Labute approximate surface area is 157 Å². The van der Waals surface area contributed by atoms with E-state index in [0.717, 1.165) is 12.4 Å². The Morgan fingerprint density at radius 2 is 0.960 bits per heavy atom. The van der Waals surface area contributed by atoms with Gasteiger partial charge in [-0.2, -0.15) is 0 Å². The summed E-state index contributed by atoms with van der Waals surface area (Å²) in [6, 6.07) is 8.37. The molecule has 0 radical (unpaired) electrons. The van der Waals surface area contributed by atoms with Crippen LogP contribution >= 0.6 is 0 Å². The van der Waals surface area contributed by atoms with Crippen molar-refractivity contribution in [3.05, 3.63) is 29.8 Å². The van der Waals surface area contributed by atoms with Crippen molar-refractivity contribution in [3.8, 4) is 5.75 Å². The largest absolute Gasteiger partial charge is 0.494 e. The number of rotatable bonds is 17. The lowest BCUT2D eigenvalue weighted by atomic mass is 10.0. The summed E-state index contributed by atoms with van der Waals surface area (Å²) in [6.07, 6.45) is 21.1. The first-order chi connectivity index (χ1) is 12.3. The van der Waals surface area contributed by atoms with Gasteiger partial charge in [0.25, 0.3) is 0 Å². The van der Waals surface area contributed by atoms with Gasteiger partial charge in [0, 0.05) is 0 Å². The van der Waals surface area contributed by atoms with E-state index in [1.165, 1.54) is 102 Å². The standard InChI is InChI=1S/C24H42O/c1-3-4-5-6-7-8-9-10-11-12-13-14-15-16-17-22-25-24-20-18-23(2)19-21-24/h18-21H,3-17,22H2,1-2H3. The molecule has 1 rings (SSSR count). The molecule has 0 aromatic heterocycles. The summed E-state index contributed by atoms with van der Waals surface area (Å²) in [7, 11) is 0. The van der Waals surface area contributed by atoms with Gasteiger partial charge in [-0.15, -0.1) is 0 Å². The average Bonchev–Trinajstić information content (AvgIpc) is 2.63. The molecule has 0 atom stereocenters. The minimum atomic E-state index is 0.862. The SMILES string of the molecule is CCCCCCCCCCCCCCCCCOc1ccc(C)cc1. The van der Waals surface area contributed by atoms with E-state index in [4.69, 9.17) is 4.74 Å². The Balaban J connectivity index is 1.74. The van der Waals surface area contributed by atoms with Crippen LogP contribution < -0.4 is 4.74 Å². The van der Waals surface area contributed by atoms with Gasteiger partial charge in [-0.25, -0.2) is 0 Å². The quantitative estimate of drug-likeness (QED) is 0.258. The lowest BCUT2D eigenvalue weighted by Gasteiger charge is -2.06. The second-order valence-corrected chi connectivity index (χ2v) is 7.61. The molecule has 25 heavy (non-hydrogen) atoms. The average molecular weight is 347 g/mol. The molecule has 0 fully saturated rings. The van der Waals surface area contributed by atoms with Crippen LogP contribution in [-0.4, -0.2) is 6.61 Å².